The number of hydrogen-bond acceptors (Lipinski definition) is 6. The Morgan fingerprint density at radius 3 is 2.24 bits per heavy atom. The minimum absolute atomic E-state index is 0.0688. The highest BCUT2D eigenvalue weighted by Crippen LogP contribution is 2.32. The van der Waals surface area contributed by atoms with E-state index in [0.29, 0.717) is 49.3 Å². The van der Waals surface area contributed by atoms with Crippen molar-refractivity contribution in [2.45, 2.75) is 33.1 Å². The highest BCUT2D eigenvalue weighted by Gasteiger charge is 2.41. The number of amides is 3. The standard InChI is InChI=1S/C32H42ClN5O4/c1-23-10-11-29(18-30(23)33)38(31(40)25-12-16-36(17-13-25)24(2)39)15-7-14-35-19-26-21-37(22-27(26)20-35)42-32(41)34(3)28-8-5-4-6-9-28/h4-6,8-11,18,25-27H,7,12-17,19-22H2,1-3H3. The molecule has 42 heavy (non-hydrogen) atoms. The molecule has 0 N–H and O–H groups in total. The summed E-state index contributed by atoms with van der Waals surface area (Å²) in [6.07, 6.45) is 1.85. The largest absolute Gasteiger partial charge is 0.433 e. The van der Waals surface area contributed by atoms with E-state index in [1.807, 2.05) is 70.3 Å². The quantitative estimate of drug-likeness (QED) is 0.441. The Morgan fingerprint density at radius 2 is 1.62 bits per heavy atom. The fourth-order valence-corrected chi connectivity index (χ4v) is 6.64. The van der Waals surface area contributed by atoms with Crippen LogP contribution in [-0.4, -0.2) is 92.2 Å². The van der Waals surface area contributed by atoms with Crippen LogP contribution >= 0.6 is 11.6 Å². The second-order valence-electron chi connectivity index (χ2n) is 11.9. The maximum absolute atomic E-state index is 13.7. The molecule has 0 saturated carbocycles. The van der Waals surface area contributed by atoms with E-state index in [1.165, 1.54) is 4.90 Å². The lowest BCUT2D eigenvalue weighted by molar-refractivity contribution is -0.133. The Kier molecular flexibility index (Phi) is 9.70. The van der Waals surface area contributed by atoms with Crippen molar-refractivity contribution >= 4 is 40.9 Å². The first kappa shape index (κ1) is 30.3. The Morgan fingerprint density at radius 1 is 0.952 bits per heavy atom. The number of rotatable bonds is 8. The summed E-state index contributed by atoms with van der Waals surface area (Å²) in [5, 5.41) is 2.47. The number of likely N-dealkylation sites (tertiary alicyclic amines) is 2. The Bertz CT molecular complexity index is 1250. The molecule has 2 aromatic rings. The highest BCUT2D eigenvalue weighted by molar-refractivity contribution is 6.31. The molecule has 3 fully saturated rings. The zero-order valence-corrected chi connectivity index (χ0v) is 25.6. The number of nitrogens with zero attached hydrogens (tertiary/aromatic N) is 5. The van der Waals surface area contributed by atoms with Crippen molar-refractivity contribution in [2.75, 3.05) is 69.2 Å². The van der Waals surface area contributed by atoms with Gasteiger partial charge in [-0.3, -0.25) is 14.5 Å². The van der Waals surface area contributed by atoms with Gasteiger partial charge in [0.2, 0.25) is 11.8 Å². The van der Waals surface area contributed by atoms with Gasteiger partial charge in [-0.1, -0.05) is 35.9 Å². The third-order valence-electron chi connectivity index (χ3n) is 9.03. The number of benzene rings is 2. The van der Waals surface area contributed by atoms with E-state index in [2.05, 4.69) is 4.90 Å². The molecule has 10 heteroatoms. The van der Waals surface area contributed by atoms with Crippen molar-refractivity contribution in [2.24, 2.45) is 17.8 Å². The molecule has 0 aliphatic carbocycles. The summed E-state index contributed by atoms with van der Waals surface area (Å²) < 4.78 is 0. The molecule has 2 aromatic carbocycles. The third kappa shape index (κ3) is 7.07. The van der Waals surface area contributed by atoms with Crippen molar-refractivity contribution in [3.63, 3.8) is 0 Å². The molecule has 2 atom stereocenters. The molecular weight excluding hydrogens is 554 g/mol. The predicted molar refractivity (Wildman–Crippen MR) is 164 cm³/mol. The third-order valence-corrected chi connectivity index (χ3v) is 9.44. The fraction of sp³-hybridized carbons (Fsp3) is 0.531. The fourth-order valence-electron chi connectivity index (χ4n) is 6.46. The van der Waals surface area contributed by atoms with Crippen LogP contribution in [0.1, 0.15) is 31.7 Å². The number of para-hydroxylation sites is 1. The lowest BCUT2D eigenvalue weighted by Crippen LogP contribution is -2.44. The smallest absolute Gasteiger partial charge is 0.351 e. The van der Waals surface area contributed by atoms with Crippen LogP contribution in [0, 0.1) is 24.7 Å². The van der Waals surface area contributed by atoms with Gasteiger partial charge in [-0.25, -0.2) is 4.79 Å². The molecule has 0 bridgehead atoms. The van der Waals surface area contributed by atoms with Gasteiger partial charge in [-0.15, -0.1) is 5.06 Å². The molecule has 2 unspecified atom stereocenters. The number of halogens is 1. The van der Waals surface area contributed by atoms with Gasteiger partial charge in [0.05, 0.1) is 0 Å². The SMILES string of the molecule is CC(=O)N1CCC(C(=O)N(CCCN2CC3CN(OC(=O)N(C)c4ccccc4)CC3C2)c2ccc(C)c(Cl)c2)CC1. The summed E-state index contributed by atoms with van der Waals surface area (Å²) in [6.45, 7) is 9.71. The monoisotopic (exact) mass is 595 g/mol. The molecule has 5 rings (SSSR count). The summed E-state index contributed by atoms with van der Waals surface area (Å²) >= 11 is 6.46. The molecule has 9 nitrogen and oxygen atoms in total. The summed E-state index contributed by atoms with van der Waals surface area (Å²) in [6, 6.07) is 15.3. The minimum atomic E-state index is -0.369. The summed E-state index contributed by atoms with van der Waals surface area (Å²) in [5.74, 6) is 1.01. The van der Waals surface area contributed by atoms with E-state index in [0.717, 1.165) is 56.1 Å². The molecule has 0 radical (unpaired) electrons. The topological polar surface area (TPSA) is 76.6 Å². The highest BCUT2D eigenvalue weighted by atomic mass is 35.5. The van der Waals surface area contributed by atoms with Crippen LogP contribution in [0.25, 0.3) is 0 Å². The Balaban J connectivity index is 1.12. The van der Waals surface area contributed by atoms with Gasteiger partial charge in [-0.05, 0) is 74.4 Å². The van der Waals surface area contributed by atoms with Crippen LogP contribution < -0.4 is 9.80 Å². The summed E-state index contributed by atoms with van der Waals surface area (Å²) in [5.41, 5.74) is 2.62. The van der Waals surface area contributed by atoms with E-state index in [1.54, 1.807) is 14.0 Å². The van der Waals surface area contributed by atoms with Gasteiger partial charge in [0, 0.05) is 82.1 Å². The Hall–Kier alpha value is -3.14. The molecule has 0 aromatic heterocycles. The van der Waals surface area contributed by atoms with Crippen molar-refractivity contribution in [3.05, 3.63) is 59.1 Å². The number of hydrogen-bond donors (Lipinski definition) is 0. The van der Waals surface area contributed by atoms with Crippen LogP contribution in [0.3, 0.4) is 0 Å². The lowest BCUT2D eigenvalue weighted by Gasteiger charge is -2.34. The van der Waals surface area contributed by atoms with Gasteiger partial charge < -0.3 is 19.5 Å². The number of anilines is 2. The molecule has 3 amide bonds. The average Bonchev–Trinajstić information content (AvgIpc) is 3.54. The maximum atomic E-state index is 13.7. The zero-order valence-electron chi connectivity index (χ0n) is 24.9. The molecule has 3 heterocycles. The van der Waals surface area contributed by atoms with Crippen LogP contribution in [-0.2, 0) is 14.4 Å². The van der Waals surface area contributed by atoms with Crippen molar-refractivity contribution in [1.29, 1.82) is 0 Å². The van der Waals surface area contributed by atoms with Crippen LogP contribution in [0.2, 0.25) is 5.02 Å². The maximum Gasteiger partial charge on any atom is 0.433 e. The van der Waals surface area contributed by atoms with Gasteiger partial charge in [0.25, 0.3) is 0 Å². The second kappa shape index (κ2) is 13.4. The molecule has 226 valence electrons. The van der Waals surface area contributed by atoms with E-state index >= 15 is 0 Å². The number of fused-ring (bicyclic) bond motifs is 1. The van der Waals surface area contributed by atoms with Crippen LogP contribution in [0.4, 0.5) is 16.2 Å². The number of hydroxylamine groups is 2. The normalized spacial score (nSPS) is 21.3. The average molecular weight is 596 g/mol. The molecule has 3 aliphatic rings. The number of piperidine rings is 1. The summed E-state index contributed by atoms with van der Waals surface area (Å²) in [7, 11) is 1.73. The first-order valence-electron chi connectivity index (χ1n) is 15.0. The van der Waals surface area contributed by atoms with Gasteiger partial charge in [0.15, 0.2) is 0 Å². The molecule has 0 spiro atoms. The van der Waals surface area contributed by atoms with Crippen LogP contribution in [0.15, 0.2) is 48.5 Å². The molecule has 3 saturated heterocycles. The van der Waals surface area contributed by atoms with Gasteiger partial charge >= 0.3 is 6.09 Å². The van der Waals surface area contributed by atoms with Gasteiger partial charge in [-0.2, -0.15) is 0 Å². The van der Waals surface area contributed by atoms with E-state index in [-0.39, 0.29) is 23.8 Å². The minimum Gasteiger partial charge on any atom is -0.351 e. The lowest BCUT2D eigenvalue weighted by atomic mass is 9.94. The zero-order chi connectivity index (χ0) is 29.8. The number of carbonyl (C=O) groups excluding carboxylic acids is 3. The van der Waals surface area contributed by atoms with Crippen molar-refractivity contribution < 1.29 is 19.2 Å². The second-order valence-corrected chi connectivity index (χ2v) is 12.3. The Labute approximate surface area is 253 Å². The van der Waals surface area contributed by atoms with Gasteiger partial charge in [0.1, 0.15) is 0 Å². The first-order valence-corrected chi connectivity index (χ1v) is 15.4. The predicted octanol–water partition coefficient (Wildman–Crippen LogP) is 4.68. The number of carbonyl (C=O) groups is 3. The van der Waals surface area contributed by atoms with E-state index < -0.39 is 0 Å². The molecular formula is C32H42ClN5O4. The number of aryl methyl sites for hydroxylation is 1. The van der Waals surface area contributed by atoms with Crippen LogP contribution in [0.5, 0.6) is 0 Å². The van der Waals surface area contributed by atoms with E-state index in [4.69, 9.17) is 16.4 Å². The van der Waals surface area contributed by atoms with Crippen molar-refractivity contribution in [3.8, 4) is 0 Å². The molecule has 3 aliphatic heterocycles. The van der Waals surface area contributed by atoms with E-state index in [9.17, 15) is 14.4 Å². The van der Waals surface area contributed by atoms with Crippen molar-refractivity contribution in [1.82, 2.24) is 14.9 Å². The summed E-state index contributed by atoms with van der Waals surface area (Å²) in [4.78, 5) is 51.6. The first-order chi connectivity index (χ1) is 20.2.